The Hall–Kier alpha value is -1.45. The minimum atomic E-state index is -3.37. The maximum absolute atomic E-state index is 13.6. The van der Waals surface area contributed by atoms with Crippen LogP contribution < -0.4 is 5.73 Å². The van der Waals surface area contributed by atoms with Gasteiger partial charge in [0, 0.05) is 5.56 Å². The first-order valence-corrected chi connectivity index (χ1v) is 6.90. The maximum Gasteiger partial charge on any atom is 0.154 e. The second-order valence-corrected chi connectivity index (χ2v) is 5.81. The molecule has 0 bridgehead atoms. The normalized spacial score (nSPS) is 11.1. The van der Waals surface area contributed by atoms with Crippen molar-refractivity contribution in [3.05, 3.63) is 35.1 Å². The molecule has 92 valence electrons. The van der Waals surface area contributed by atoms with Crippen molar-refractivity contribution in [3.63, 3.8) is 0 Å². The van der Waals surface area contributed by atoms with E-state index in [1.807, 2.05) is 0 Å². The van der Waals surface area contributed by atoms with Gasteiger partial charge in [0.05, 0.1) is 17.1 Å². The number of hydrogen-bond donors (Lipinski definition) is 1. The fourth-order valence-corrected chi connectivity index (χ4v) is 2.84. The third kappa shape index (κ3) is 3.80. The standard InChI is InChI=1S/C11H13FN2O2S/c12-11-9(7-14)3-1-4-10(11)8-17(15,16)6-2-5-13/h1,3-4H,2,5-6,8,13H2. The summed E-state index contributed by atoms with van der Waals surface area (Å²) in [5.41, 5.74) is 5.11. The van der Waals surface area contributed by atoms with Crippen LogP contribution >= 0.6 is 0 Å². The van der Waals surface area contributed by atoms with E-state index in [1.165, 1.54) is 18.2 Å². The molecule has 4 nitrogen and oxygen atoms in total. The van der Waals surface area contributed by atoms with E-state index >= 15 is 0 Å². The molecule has 0 aliphatic heterocycles. The van der Waals surface area contributed by atoms with E-state index in [9.17, 15) is 12.8 Å². The zero-order chi connectivity index (χ0) is 12.9. The lowest BCUT2D eigenvalue weighted by atomic mass is 10.1. The Bertz CT molecular complexity index is 535. The SMILES string of the molecule is N#Cc1cccc(CS(=O)(=O)CCCN)c1F. The van der Waals surface area contributed by atoms with Crippen molar-refractivity contribution >= 4 is 9.84 Å². The van der Waals surface area contributed by atoms with Crippen LogP contribution in [0.25, 0.3) is 0 Å². The van der Waals surface area contributed by atoms with E-state index in [1.54, 1.807) is 6.07 Å². The van der Waals surface area contributed by atoms with Crippen LogP contribution in [0, 0.1) is 17.1 Å². The summed E-state index contributed by atoms with van der Waals surface area (Å²) < 4.78 is 36.8. The first-order valence-electron chi connectivity index (χ1n) is 5.08. The monoisotopic (exact) mass is 256 g/mol. The van der Waals surface area contributed by atoms with Gasteiger partial charge in [0.15, 0.2) is 9.84 Å². The van der Waals surface area contributed by atoms with Gasteiger partial charge in [-0.05, 0) is 19.0 Å². The average molecular weight is 256 g/mol. The van der Waals surface area contributed by atoms with Crippen LogP contribution in [0.1, 0.15) is 17.5 Å². The Balaban J connectivity index is 2.93. The van der Waals surface area contributed by atoms with Crippen LogP contribution in [-0.2, 0) is 15.6 Å². The molecule has 1 aromatic rings. The predicted molar refractivity (Wildman–Crippen MR) is 62.3 cm³/mol. The Morgan fingerprint density at radius 3 is 2.71 bits per heavy atom. The minimum Gasteiger partial charge on any atom is -0.330 e. The molecule has 0 radical (unpaired) electrons. The molecule has 0 aliphatic carbocycles. The molecule has 6 heteroatoms. The summed E-state index contributed by atoms with van der Waals surface area (Å²) in [5.74, 6) is -1.22. The van der Waals surface area contributed by atoms with Gasteiger partial charge in [-0.1, -0.05) is 12.1 Å². The van der Waals surface area contributed by atoms with Crippen molar-refractivity contribution in [3.8, 4) is 6.07 Å². The lowest BCUT2D eigenvalue weighted by molar-refractivity contribution is 0.584. The molecule has 0 unspecified atom stereocenters. The third-order valence-electron chi connectivity index (χ3n) is 2.23. The topological polar surface area (TPSA) is 84.0 Å². The highest BCUT2D eigenvalue weighted by Gasteiger charge is 2.16. The lowest BCUT2D eigenvalue weighted by Gasteiger charge is -2.05. The molecule has 1 aromatic carbocycles. The summed E-state index contributed by atoms with van der Waals surface area (Å²) in [6.07, 6.45) is 0.349. The largest absolute Gasteiger partial charge is 0.330 e. The van der Waals surface area contributed by atoms with E-state index < -0.39 is 21.4 Å². The van der Waals surface area contributed by atoms with E-state index in [4.69, 9.17) is 11.0 Å². The predicted octanol–water partition coefficient (Wildman–Crippen LogP) is 0.961. The molecule has 0 aliphatic rings. The molecule has 0 saturated heterocycles. The van der Waals surface area contributed by atoms with Crippen molar-refractivity contribution in [1.29, 1.82) is 5.26 Å². The third-order valence-corrected chi connectivity index (χ3v) is 3.90. The summed E-state index contributed by atoms with van der Waals surface area (Å²) in [7, 11) is -3.37. The minimum absolute atomic E-state index is 0.0288. The molecule has 17 heavy (non-hydrogen) atoms. The molecule has 0 fully saturated rings. The molecule has 0 aromatic heterocycles. The molecule has 1 rings (SSSR count). The van der Waals surface area contributed by atoms with E-state index in [-0.39, 0.29) is 23.4 Å². The maximum atomic E-state index is 13.6. The Kier molecular flexibility index (Phi) is 4.61. The molecule has 2 N–H and O–H groups in total. The molecule has 0 heterocycles. The second kappa shape index (κ2) is 5.75. The Labute approximate surface area is 99.8 Å². The second-order valence-electron chi connectivity index (χ2n) is 3.62. The molecule has 0 saturated carbocycles. The van der Waals surface area contributed by atoms with E-state index in [0.717, 1.165) is 0 Å². The van der Waals surface area contributed by atoms with Crippen molar-refractivity contribution < 1.29 is 12.8 Å². The number of nitriles is 1. The van der Waals surface area contributed by atoms with Gasteiger partial charge in [-0.15, -0.1) is 0 Å². The average Bonchev–Trinajstić information content (AvgIpc) is 2.29. The van der Waals surface area contributed by atoms with Gasteiger partial charge in [-0.2, -0.15) is 5.26 Å². The molecular formula is C11H13FN2O2S. The summed E-state index contributed by atoms with van der Waals surface area (Å²) in [4.78, 5) is 0. The zero-order valence-electron chi connectivity index (χ0n) is 9.19. The van der Waals surface area contributed by atoms with E-state index in [0.29, 0.717) is 6.42 Å². The number of hydrogen-bond acceptors (Lipinski definition) is 4. The quantitative estimate of drug-likeness (QED) is 0.850. The molecular weight excluding hydrogens is 243 g/mol. The zero-order valence-corrected chi connectivity index (χ0v) is 10.0. The van der Waals surface area contributed by atoms with Gasteiger partial charge in [0.1, 0.15) is 11.9 Å². The van der Waals surface area contributed by atoms with Gasteiger partial charge in [0.25, 0.3) is 0 Å². The smallest absolute Gasteiger partial charge is 0.154 e. The number of nitrogens with zero attached hydrogens (tertiary/aromatic N) is 1. The highest BCUT2D eigenvalue weighted by molar-refractivity contribution is 7.90. The number of rotatable bonds is 5. The van der Waals surface area contributed by atoms with Crippen LogP contribution in [-0.4, -0.2) is 20.7 Å². The fourth-order valence-electron chi connectivity index (χ4n) is 1.39. The number of nitrogens with two attached hydrogens (primary N) is 1. The van der Waals surface area contributed by atoms with Gasteiger partial charge >= 0.3 is 0 Å². The van der Waals surface area contributed by atoms with Gasteiger partial charge in [0.2, 0.25) is 0 Å². The summed E-state index contributed by atoms with van der Waals surface area (Å²) in [6, 6.07) is 5.82. The molecule has 0 amide bonds. The highest BCUT2D eigenvalue weighted by Crippen LogP contribution is 2.15. The lowest BCUT2D eigenvalue weighted by Crippen LogP contribution is -2.14. The van der Waals surface area contributed by atoms with Gasteiger partial charge in [-0.25, -0.2) is 12.8 Å². The number of halogens is 1. The van der Waals surface area contributed by atoms with Crippen molar-refractivity contribution in [2.75, 3.05) is 12.3 Å². The fraction of sp³-hybridized carbons (Fsp3) is 0.364. The van der Waals surface area contributed by atoms with Crippen molar-refractivity contribution in [2.45, 2.75) is 12.2 Å². The highest BCUT2D eigenvalue weighted by atomic mass is 32.2. The summed E-state index contributed by atoms with van der Waals surface area (Å²) >= 11 is 0. The number of benzene rings is 1. The van der Waals surface area contributed by atoms with Crippen LogP contribution in [0.5, 0.6) is 0 Å². The summed E-state index contributed by atoms with van der Waals surface area (Å²) in [5, 5.41) is 8.63. The number of sulfone groups is 1. The van der Waals surface area contributed by atoms with Gasteiger partial charge in [-0.3, -0.25) is 0 Å². The van der Waals surface area contributed by atoms with Crippen LogP contribution in [0.15, 0.2) is 18.2 Å². The molecule has 0 spiro atoms. The summed E-state index contributed by atoms with van der Waals surface area (Å²) in [6.45, 7) is 0.278. The first-order chi connectivity index (χ1) is 8.00. The first kappa shape index (κ1) is 13.6. The van der Waals surface area contributed by atoms with Crippen molar-refractivity contribution in [2.24, 2.45) is 5.73 Å². The van der Waals surface area contributed by atoms with Crippen molar-refractivity contribution in [1.82, 2.24) is 0 Å². The Morgan fingerprint density at radius 1 is 1.41 bits per heavy atom. The Morgan fingerprint density at radius 2 is 2.12 bits per heavy atom. The van der Waals surface area contributed by atoms with E-state index in [2.05, 4.69) is 0 Å². The van der Waals surface area contributed by atoms with Crippen LogP contribution in [0.3, 0.4) is 0 Å². The van der Waals surface area contributed by atoms with Crippen LogP contribution in [0.4, 0.5) is 4.39 Å². The van der Waals surface area contributed by atoms with Crippen LogP contribution in [0.2, 0.25) is 0 Å². The molecule has 0 atom stereocenters. The van der Waals surface area contributed by atoms with Gasteiger partial charge < -0.3 is 5.73 Å².